The molecule has 0 radical (unpaired) electrons. The summed E-state index contributed by atoms with van der Waals surface area (Å²) in [5.74, 6) is -0.0925. The zero-order chi connectivity index (χ0) is 17.6. The van der Waals surface area contributed by atoms with Crippen molar-refractivity contribution in [1.29, 1.82) is 0 Å². The first-order chi connectivity index (χ1) is 11.5. The van der Waals surface area contributed by atoms with Gasteiger partial charge in [-0.3, -0.25) is 0 Å². The van der Waals surface area contributed by atoms with Gasteiger partial charge in [-0.25, -0.2) is 0 Å². The van der Waals surface area contributed by atoms with Gasteiger partial charge in [0.15, 0.2) is 0 Å². The third-order valence-electron chi connectivity index (χ3n) is 3.97. The number of nitrogens with zero attached hydrogens (tertiary/aromatic N) is 1. The van der Waals surface area contributed by atoms with Gasteiger partial charge >= 0.3 is 35.6 Å². The molecule has 0 bridgehead atoms. The molecule has 2 aromatic rings. The number of halogens is 2. The summed E-state index contributed by atoms with van der Waals surface area (Å²) >= 11 is -0.556. The minimum atomic E-state index is -2.08. The third kappa shape index (κ3) is 4.84. The summed E-state index contributed by atoms with van der Waals surface area (Å²) in [5.41, 5.74) is 3.51. The molecular formula is C18H18Cl2NOSiTi-. The van der Waals surface area contributed by atoms with Gasteiger partial charge in [-0.05, 0) is 30.5 Å². The molecule has 1 aliphatic carbocycles. The quantitative estimate of drug-likeness (QED) is 0.559. The number of carbonyl (C=O) groups is 1. The van der Waals surface area contributed by atoms with Gasteiger partial charge in [0.1, 0.15) is 0 Å². The van der Waals surface area contributed by atoms with E-state index in [9.17, 15) is 4.79 Å². The summed E-state index contributed by atoms with van der Waals surface area (Å²) in [7, 11) is 7.70. The van der Waals surface area contributed by atoms with Crippen LogP contribution in [0.5, 0.6) is 0 Å². The van der Waals surface area contributed by atoms with Crippen LogP contribution in [-0.4, -0.2) is 14.1 Å². The van der Waals surface area contributed by atoms with Crippen LogP contribution >= 0.6 is 18.6 Å². The molecule has 0 aromatic heterocycles. The van der Waals surface area contributed by atoms with Gasteiger partial charge in [-0.15, -0.1) is 0 Å². The minimum absolute atomic E-state index is 0.0925. The van der Waals surface area contributed by atoms with Crippen LogP contribution in [0.4, 0.5) is 0 Å². The number of amides is 1. The first kappa shape index (κ1) is 19.5. The van der Waals surface area contributed by atoms with E-state index >= 15 is 0 Å². The van der Waals surface area contributed by atoms with Gasteiger partial charge in [0.05, 0.1) is 5.91 Å². The first-order valence-electron chi connectivity index (χ1n) is 7.55. The van der Waals surface area contributed by atoms with E-state index < -0.39 is 25.3 Å². The average molecular weight is 411 g/mol. The van der Waals surface area contributed by atoms with Crippen LogP contribution in [-0.2, 0) is 17.0 Å². The predicted octanol–water partition coefficient (Wildman–Crippen LogP) is 6.13. The maximum absolute atomic E-state index is 12.4. The topological polar surface area (TPSA) is 31.2 Å². The van der Waals surface area contributed by atoms with Crippen molar-refractivity contribution >= 4 is 38.8 Å². The molecule has 0 heterocycles. The normalized spacial score (nSPS) is 15.1. The van der Waals surface area contributed by atoms with Crippen LogP contribution in [0, 0.1) is 0 Å². The number of fused-ring (bicyclic) bond motifs is 1. The van der Waals surface area contributed by atoms with Crippen molar-refractivity contribution in [1.82, 2.24) is 0 Å². The van der Waals surface area contributed by atoms with Crippen molar-refractivity contribution in [3.63, 3.8) is 0 Å². The second kappa shape index (κ2) is 9.02. The van der Waals surface area contributed by atoms with E-state index in [1.807, 2.05) is 36.4 Å². The van der Waals surface area contributed by atoms with Crippen molar-refractivity contribution in [3.05, 3.63) is 82.3 Å². The molecule has 1 aliphatic rings. The summed E-state index contributed by atoms with van der Waals surface area (Å²) in [6, 6.07) is 17.7. The number of rotatable bonds is 3. The number of hydrogen-bond acceptors (Lipinski definition) is 1. The molecule has 24 heavy (non-hydrogen) atoms. The molecule has 0 N–H and O–H groups in total. The molecule has 2 aromatic carbocycles. The van der Waals surface area contributed by atoms with Gasteiger partial charge < -0.3 is 9.78 Å². The molecule has 1 atom stereocenters. The van der Waals surface area contributed by atoms with Crippen molar-refractivity contribution in [2.75, 3.05) is 0 Å². The van der Waals surface area contributed by atoms with E-state index in [1.165, 1.54) is 11.1 Å². The Bertz CT molecular complexity index is 722. The molecule has 0 saturated heterocycles. The second-order valence-electron chi connectivity index (χ2n) is 5.97. The monoisotopic (exact) mass is 410 g/mol. The average Bonchev–Trinajstić information content (AvgIpc) is 3.01. The van der Waals surface area contributed by atoms with Crippen LogP contribution < -0.4 is 0 Å². The van der Waals surface area contributed by atoms with Gasteiger partial charge in [0.25, 0.3) is 0 Å². The number of hydrogen-bond donors (Lipinski definition) is 0. The molecule has 6 heteroatoms. The van der Waals surface area contributed by atoms with Crippen molar-refractivity contribution in [2.24, 2.45) is 0 Å². The van der Waals surface area contributed by atoms with Crippen LogP contribution in [0.3, 0.4) is 0 Å². The van der Waals surface area contributed by atoms with Gasteiger partial charge in [-0.2, -0.15) is 0 Å². The van der Waals surface area contributed by atoms with Crippen molar-refractivity contribution in [2.45, 2.75) is 18.6 Å². The number of allylic oxidation sites excluding steroid dienone is 1. The van der Waals surface area contributed by atoms with Gasteiger partial charge in [0, 0.05) is 0 Å². The molecule has 0 aliphatic heterocycles. The number of benzene rings is 2. The second-order valence-corrected chi connectivity index (χ2v) is 12.7. The van der Waals surface area contributed by atoms with E-state index in [-0.39, 0.29) is 11.4 Å². The summed E-state index contributed by atoms with van der Waals surface area (Å²) in [5, 5.41) is 0. The van der Waals surface area contributed by atoms with E-state index in [2.05, 4.69) is 48.4 Å². The molecule has 1 unspecified atom stereocenters. The fraction of sp³-hybridized carbons (Fsp3) is 0.167. The van der Waals surface area contributed by atoms with Gasteiger partial charge in [0.2, 0.25) is 0 Å². The first-order valence-corrected chi connectivity index (χ1v) is 14.9. The zero-order valence-corrected chi connectivity index (χ0v) is 17.6. The van der Waals surface area contributed by atoms with E-state index in [1.54, 1.807) is 0 Å². The summed E-state index contributed by atoms with van der Waals surface area (Å²) in [4.78, 5) is 17.0. The van der Waals surface area contributed by atoms with E-state index in [0.29, 0.717) is 5.56 Å². The third-order valence-corrected chi connectivity index (χ3v) is 6.78. The van der Waals surface area contributed by atoms with Crippen LogP contribution in [0.1, 0.15) is 27.0 Å². The SMILES string of the molecule is C[Si](C)([N-]C(=O)c1ccccc1)C1C=Cc2ccccc21.[Cl][Ti][Cl]. The van der Waals surface area contributed by atoms with Crippen LogP contribution in [0.15, 0.2) is 60.7 Å². The van der Waals surface area contributed by atoms with Crippen LogP contribution in [0.25, 0.3) is 11.1 Å². The Kier molecular flexibility index (Phi) is 7.33. The van der Waals surface area contributed by atoms with E-state index in [4.69, 9.17) is 18.6 Å². The fourth-order valence-corrected chi connectivity index (χ4v) is 5.22. The Morgan fingerprint density at radius 2 is 1.62 bits per heavy atom. The Labute approximate surface area is 161 Å². The Morgan fingerprint density at radius 1 is 1.04 bits per heavy atom. The Balaban J connectivity index is 0.000000647. The van der Waals surface area contributed by atoms with Crippen molar-refractivity contribution in [3.8, 4) is 0 Å². The molecule has 0 spiro atoms. The predicted molar refractivity (Wildman–Crippen MR) is 102 cm³/mol. The van der Waals surface area contributed by atoms with E-state index in [0.717, 1.165) is 0 Å². The fourth-order valence-electron chi connectivity index (χ4n) is 2.84. The molecule has 0 saturated carbocycles. The summed E-state index contributed by atoms with van der Waals surface area (Å²) in [6.45, 7) is 4.32. The van der Waals surface area contributed by atoms with Crippen LogP contribution in [0.2, 0.25) is 13.1 Å². The molecule has 1 amide bonds. The molecular weight excluding hydrogens is 393 g/mol. The Morgan fingerprint density at radius 3 is 2.29 bits per heavy atom. The molecule has 0 fully saturated rings. The Hall–Kier alpha value is -0.839. The standard InChI is InChI=1S/C18H19NOSi.2ClH.Ti/c1-21(2,19-18(20)15-9-4-3-5-10-15)17-13-12-14-8-6-7-11-16(14)17;;;/h3-13,17H,1-2H3,(H,19,20);2*1H;/q;;;+2/p-3. The zero-order valence-electron chi connectivity index (χ0n) is 13.5. The molecule has 3 rings (SSSR count). The molecule has 124 valence electrons. The van der Waals surface area contributed by atoms with Crippen molar-refractivity contribution < 1.29 is 21.8 Å². The maximum atomic E-state index is 12.4. The summed E-state index contributed by atoms with van der Waals surface area (Å²) in [6.07, 6.45) is 4.36. The number of carbonyl (C=O) groups excluding carboxylic acids is 1. The summed E-state index contributed by atoms with van der Waals surface area (Å²) < 4.78 is 0. The molecule has 2 nitrogen and oxygen atoms in total. The van der Waals surface area contributed by atoms with Gasteiger partial charge in [-0.1, -0.05) is 79.8 Å².